The summed E-state index contributed by atoms with van der Waals surface area (Å²) in [6.07, 6.45) is 21.6. The van der Waals surface area contributed by atoms with Gasteiger partial charge in [0.25, 0.3) is 0 Å². The van der Waals surface area contributed by atoms with Crippen LogP contribution in [0.2, 0.25) is 0 Å². The second kappa shape index (κ2) is 22.3. The van der Waals surface area contributed by atoms with Gasteiger partial charge in [-0.2, -0.15) is 0 Å². The zero-order chi connectivity index (χ0) is 30.6. The van der Waals surface area contributed by atoms with Gasteiger partial charge in [-0.05, 0) is 57.9 Å². The van der Waals surface area contributed by atoms with Gasteiger partial charge in [-0.15, -0.1) is 0 Å². The first-order valence-corrected chi connectivity index (χ1v) is 17.4. The Kier molecular flexibility index (Phi) is 19.6. The molecule has 0 radical (unpaired) electrons. The normalized spacial score (nSPS) is 22.6. The van der Waals surface area contributed by atoms with E-state index < -0.39 is 18.3 Å². The predicted octanol–water partition coefficient (Wildman–Crippen LogP) is 7.27. The van der Waals surface area contributed by atoms with Crippen LogP contribution in [0.1, 0.15) is 162 Å². The van der Waals surface area contributed by atoms with E-state index in [0.717, 1.165) is 51.4 Å². The maximum Gasteiger partial charge on any atom is 0.334 e. The number of carbonyl (C=O) groups excluding carboxylic acids is 2. The highest BCUT2D eigenvalue weighted by Gasteiger charge is 2.34. The summed E-state index contributed by atoms with van der Waals surface area (Å²) in [6, 6.07) is 0. The zero-order valence-electron chi connectivity index (χ0n) is 26.8. The Morgan fingerprint density at radius 2 is 1.26 bits per heavy atom. The molecular formula is C35H62O7. The fraction of sp³-hybridized carbons (Fsp3) is 0.886. The molecule has 0 bridgehead atoms. The number of cyclic esters (lactones) is 1. The van der Waals surface area contributed by atoms with Crippen LogP contribution in [0, 0.1) is 0 Å². The largest absolute Gasteiger partial charge is 0.455 e. The van der Waals surface area contributed by atoms with E-state index in [9.17, 15) is 24.9 Å². The Balaban J connectivity index is 1.42. The first kappa shape index (κ1) is 36.9. The SMILES string of the molecule is CCCCCCCCCCCC[C@@H](O)[C@H]1CC[C@H]([C@H](O)CCCC(=O)CCCCCC[C@H](O)CC2=C[C@H](C)OC2=O)O1. The molecule has 0 aromatic heterocycles. The average molecular weight is 595 g/mol. The summed E-state index contributed by atoms with van der Waals surface area (Å²) >= 11 is 0. The lowest BCUT2D eigenvalue weighted by molar-refractivity contribution is -0.139. The molecule has 7 heteroatoms. The van der Waals surface area contributed by atoms with Gasteiger partial charge in [0.05, 0.1) is 30.5 Å². The molecule has 2 aliphatic heterocycles. The standard InChI is InChI=1S/C35H62O7/c1-3-4-5-6-7-8-9-10-11-16-21-31(38)33-23-24-34(42-33)32(39)22-17-20-29(36)18-14-12-13-15-19-30(37)26-28-25-27(2)41-35(28)40/h25,27,30-34,37-39H,3-24,26H2,1-2H3/t27-,30-,31+,32+,33+,34+/m0/s1. The van der Waals surface area contributed by atoms with Crippen molar-refractivity contribution in [1.29, 1.82) is 0 Å². The quantitative estimate of drug-likeness (QED) is 0.0713. The zero-order valence-corrected chi connectivity index (χ0v) is 26.8. The van der Waals surface area contributed by atoms with Gasteiger partial charge >= 0.3 is 5.97 Å². The molecule has 244 valence electrons. The molecule has 6 atom stereocenters. The number of hydrogen-bond donors (Lipinski definition) is 3. The molecule has 0 saturated carbocycles. The highest BCUT2D eigenvalue weighted by Crippen LogP contribution is 2.28. The molecular weight excluding hydrogens is 532 g/mol. The lowest BCUT2D eigenvalue weighted by atomic mass is 9.99. The number of esters is 1. The van der Waals surface area contributed by atoms with Crippen molar-refractivity contribution in [2.24, 2.45) is 0 Å². The van der Waals surface area contributed by atoms with Gasteiger partial charge in [0.1, 0.15) is 11.9 Å². The number of aliphatic hydroxyl groups excluding tert-OH is 3. The van der Waals surface area contributed by atoms with Gasteiger partial charge < -0.3 is 24.8 Å². The summed E-state index contributed by atoms with van der Waals surface area (Å²) in [5.74, 6) is -0.0821. The third kappa shape index (κ3) is 16.0. The second-order valence-electron chi connectivity index (χ2n) is 12.9. The van der Waals surface area contributed by atoms with Crippen molar-refractivity contribution in [2.45, 2.75) is 198 Å². The number of ether oxygens (including phenoxy) is 2. The van der Waals surface area contributed by atoms with E-state index in [1.165, 1.54) is 57.8 Å². The average Bonchev–Trinajstić information content (AvgIpc) is 3.57. The van der Waals surface area contributed by atoms with Crippen LogP contribution >= 0.6 is 0 Å². The lowest BCUT2D eigenvalue weighted by Crippen LogP contribution is -2.31. The summed E-state index contributed by atoms with van der Waals surface area (Å²) in [5.41, 5.74) is 0.571. The first-order chi connectivity index (χ1) is 20.3. The minimum Gasteiger partial charge on any atom is -0.455 e. The summed E-state index contributed by atoms with van der Waals surface area (Å²) in [5, 5.41) is 31.3. The predicted molar refractivity (Wildman–Crippen MR) is 167 cm³/mol. The van der Waals surface area contributed by atoms with E-state index in [1.807, 2.05) is 6.92 Å². The van der Waals surface area contributed by atoms with Crippen molar-refractivity contribution in [3.05, 3.63) is 11.6 Å². The Bertz CT molecular complexity index is 766. The van der Waals surface area contributed by atoms with Gasteiger partial charge in [-0.1, -0.05) is 90.4 Å². The number of rotatable bonds is 26. The van der Waals surface area contributed by atoms with Crippen LogP contribution in [0.4, 0.5) is 0 Å². The second-order valence-corrected chi connectivity index (χ2v) is 12.9. The van der Waals surface area contributed by atoms with Gasteiger partial charge in [-0.3, -0.25) is 4.79 Å². The molecule has 2 heterocycles. The van der Waals surface area contributed by atoms with Gasteiger partial charge in [0.2, 0.25) is 0 Å². The molecule has 1 saturated heterocycles. The van der Waals surface area contributed by atoms with E-state index in [2.05, 4.69) is 6.92 Å². The smallest absolute Gasteiger partial charge is 0.334 e. The van der Waals surface area contributed by atoms with Crippen LogP contribution in [0.25, 0.3) is 0 Å². The van der Waals surface area contributed by atoms with Gasteiger partial charge in [0.15, 0.2) is 0 Å². The molecule has 7 nitrogen and oxygen atoms in total. The van der Waals surface area contributed by atoms with Gasteiger partial charge in [0, 0.05) is 24.8 Å². The monoisotopic (exact) mass is 594 g/mol. The van der Waals surface area contributed by atoms with Crippen molar-refractivity contribution in [2.75, 3.05) is 0 Å². The fourth-order valence-electron chi connectivity index (χ4n) is 6.29. The van der Waals surface area contributed by atoms with Crippen molar-refractivity contribution in [3.63, 3.8) is 0 Å². The van der Waals surface area contributed by atoms with E-state index in [4.69, 9.17) is 9.47 Å². The molecule has 0 amide bonds. The van der Waals surface area contributed by atoms with Crippen LogP contribution in [-0.4, -0.2) is 63.7 Å². The molecule has 0 aromatic carbocycles. The number of ketones is 1. The highest BCUT2D eigenvalue weighted by atomic mass is 16.5. The number of hydrogen-bond acceptors (Lipinski definition) is 7. The Morgan fingerprint density at radius 1 is 0.762 bits per heavy atom. The van der Waals surface area contributed by atoms with Crippen LogP contribution in [0.5, 0.6) is 0 Å². The third-order valence-electron chi connectivity index (χ3n) is 8.94. The summed E-state index contributed by atoms with van der Waals surface area (Å²) in [6.45, 7) is 4.06. The van der Waals surface area contributed by atoms with E-state index in [1.54, 1.807) is 6.08 Å². The number of aliphatic hydroxyl groups is 3. The molecule has 42 heavy (non-hydrogen) atoms. The van der Waals surface area contributed by atoms with Crippen molar-refractivity contribution in [1.82, 2.24) is 0 Å². The Labute approximate surface area is 255 Å². The lowest BCUT2D eigenvalue weighted by Gasteiger charge is -2.22. The number of Topliss-reactive ketones (excluding diaryl/α,β-unsaturated/α-hetero) is 1. The topological polar surface area (TPSA) is 113 Å². The highest BCUT2D eigenvalue weighted by molar-refractivity contribution is 5.90. The minimum absolute atomic E-state index is 0.175. The molecule has 0 unspecified atom stereocenters. The maximum absolute atomic E-state index is 12.3. The Morgan fingerprint density at radius 3 is 1.83 bits per heavy atom. The molecule has 0 spiro atoms. The third-order valence-corrected chi connectivity index (χ3v) is 8.94. The van der Waals surface area contributed by atoms with E-state index in [-0.39, 0.29) is 30.1 Å². The number of unbranched alkanes of at least 4 members (excludes halogenated alkanes) is 12. The summed E-state index contributed by atoms with van der Waals surface area (Å²) in [4.78, 5) is 23.9. The molecule has 1 fully saturated rings. The van der Waals surface area contributed by atoms with Gasteiger partial charge in [-0.25, -0.2) is 4.79 Å². The number of carbonyl (C=O) groups is 2. The molecule has 0 aliphatic carbocycles. The molecule has 2 rings (SSSR count). The molecule has 2 aliphatic rings. The van der Waals surface area contributed by atoms with Crippen LogP contribution in [0.15, 0.2) is 11.6 Å². The Hall–Kier alpha value is -1.28. The molecule has 3 N–H and O–H groups in total. The van der Waals surface area contributed by atoms with E-state index in [0.29, 0.717) is 44.1 Å². The minimum atomic E-state index is -0.580. The maximum atomic E-state index is 12.3. The van der Waals surface area contributed by atoms with Crippen molar-refractivity contribution in [3.8, 4) is 0 Å². The summed E-state index contributed by atoms with van der Waals surface area (Å²) in [7, 11) is 0. The fourth-order valence-corrected chi connectivity index (χ4v) is 6.29. The van der Waals surface area contributed by atoms with Crippen LogP contribution in [0.3, 0.4) is 0 Å². The molecule has 0 aromatic rings. The van der Waals surface area contributed by atoms with Crippen molar-refractivity contribution >= 4 is 11.8 Å². The van der Waals surface area contributed by atoms with E-state index >= 15 is 0 Å². The van der Waals surface area contributed by atoms with Crippen LogP contribution in [-0.2, 0) is 19.1 Å². The summed E-state index contributed by atoms with van der Waals surface area (Å²) < 4.78 is 11.1. The van der Waals surface area contributed by atoms with Crippen molar-refractivity contribution < 1.29 is 34.4 Å². The first-order valence-electron chi connectivity index (χ1n) is 17.4. The van der Waals surface area contributed by atoms with Crippen LogP contribution < -0.4 is 0 Å².